The van der Waals surface area contributed by atoms with E-state index in [1.807, 2.05) is 6.20 Å². The Morgan fingerprint density at radius 1 is 0.452 bits per heavy atom. The normalized spacial score (nSPS) is 13.3. The van der Waals surface area contributed by atoms with Crippen molar-refractivity contribution >= 4 is 44.6 Å². The van der Waals surface area contributed by atoms with E-state index in [0.717, 1.165) is 55.9 Å². The molecule has 0 atom stereocenters. The first-order chi connectivity index (χ1) is 39.2. The summed E-state index contributed by atoms with van der Waals surface area (Å²) in [6.07, 6.45) is 1.93. The fourth-order valence-corrected chi connectivity index (χ4v) is 12.1. The number of fused-ring (bicyclic) bond motifs is 4. The van der Waals surface area contributed by atoms with Gasteiger partial charge in [-0.2, -0.15) is 6.07 Å². The van der Waals surface area contributed by atoms with Crippen LogP contribution in [0.4, 0.5) is 22.7 Å². The van der Waals surface area contributed by atoms with Gasteiger partial charge in [0, 0.05) is 66.8 Å². The monoisotopic (exact) mass is 1290 g/mol. The first-order valence-corrected chi connectivity index (χ1v) is 29.9. The molecule has 84 heavy (non-hydrogen) atoms. The van der Waals surface area contributed by atoms with E-state index < -0.39 is 5.41 Å². The van der Waals surface area contributed by atoms with Gasteiger partial charge in [0.15, 0.2) is 0 Å². The Hall–Kier alpha value is -7.20. The maximum absolute atomic E-state index is 7.23. The van der Waals surface area contributed by atoms with Crippen LogP contribution in [0.2, 0.25) is 0 Å². The molecular weight excluding hydrogens is 1200 g/mol. The Balaban J connectivity index is 0.00000786. The average Bonchev–Trinajstić information content (AvgIpc) is 2.36. The molecule has 5 nitrogen and oxygen atoms in total. The van der Waals surface area contributed by atoms with E-state index in [1.165, 1.54) is 55.6 Å². The first kappa shape index (κ1) is 59.9. The molecule has 0 radical (unpaired) electrons. The van der Waals surface area contributed by atoms with Gasteiger partial charge in [0.25, 0.3) is 0 Å². The summed E-state index contributed by atoms with van der Waals surface area (Å²) in [5.74, 6) is 2.70. The molecule has 0 fully saturated rings. The number of benzene rings is 8. The number of pyridine rings is 1. The fraction of sp³-hybridized carbons (Fsp3) is 0.308. The Morgan fingerprint density at radius 3 is 1.63 bits per heavy atom. The summed E-state index contributed by atoms with van der Waals surface area (Å²) in [5.41, 5.74) is 19.0. The van der Waals surface area contributed by atoms with Crippen LogP contribution in [0.1, 0.15) is 180 Å². The smallest absolute Gasteiger partial charge is 0.135 e. The summed E-state index contributed by atoms with van der Waals surface area (Å²) in [4.78, 5) is 9.78. The second kappa shape index (κ2) is 22.3. The molecule has 8 aromatic carbocycles. The zero-order chi connectivity index (χ0) is 59.1. The molecule has 434 valence electrons. The summed E-state index contributed by atoms with van der Waals surface area (Å²) in [6.45, 7) is 41.4. The largest absolute Gasteiger partial charge is 0.509 e. The molecule has 0 saturated heterocycles. The molecule has 6 heteroatoms. The van der Waals surface area contributed by atoms with E-state index in [1.54, 1.807) is 0 Å². The standard InChI is InChI=1S/C78H83N4O.Pt/c1-50(2)64-29-24-30-65(51(3)4)73(64)52-31-35-69-71(39-52)81(49-80(69)60-41-57(76(11,12)13)40-58(42-60)77(14,15)53-25-20-18-21-26-53)61-43-59(78(16,17)54-27-22-19-23-28-54)44-63(47-61)83-62-33-34-66-67-45-55(74(5,6)7)32-36-68(67)82(70(66)48-62)72-46-56(37-38-79-72)75(8,9)10;/h18-46,49-51H,1-17H3;/q-3;. The minimum atomic E-state index is -0.427. The molecule has 0 spiro atoms. The molecule has 10 aromatic rings. The van der Waals surface area contributed by atoms with Crippen molar-refractivity contribution in [3.63, 3.8) is 0 Å². The summed E-state index contributed by atoms with van der Waals surface area (Å²) in [6, 6.07) is 70.6. The zero-order valence-electron chi connectivity index (χ0n) is 52.5. The van der Waals surface area contributed by atoms with Gasteiger partial charge in [0.05, 0.1) is 0 Å². The third-order valence-corrected chi connectivity index (χ3v) is 17.5. The molecule has 1 aliphatic rings. The van der Waals surface area contributed by atoms with Crippen LogP contribution in [0.15, 0.2) is 176 Å². The molecule has 1 aliphatic heterocycles. The first-order valence-electron chi connectivity index (χ1n) is 29.9. The minimum Gasteiger partial charge on any atom is -0.509 e. The molecular formula is C78H83N4OPt-3. The topological polar surface area (TPSA) is 33.5 Å². The minimum absolute atomic E-state index is 0. The second-order valence-corrected chi connectivity index (χ2v) is 28.0. The number of hydrogen-bond acceptors (Lipinski definition) is 4. The van der Waals surface area contributed by atoms with Crippen LogP contribution >= 0.6 is 0 Å². The van der Waals surface area contributed by atoms with E-state index in [2.05, 4.69) is 321 Å². The van der Waals surface area contributed by atoms with Gasteiger partial charge >= 0.3 is 0 Å². The Bertz CT molecular complexity index is 4020. The molecule has 11 rings (SSSR count). The molecule has 3 heterocycles. The van der Waals surface area contributed by atoms with Gasteiger partial charge in [-0.05, 0) is 137 Å². The molecule has 0 aliphatic carbocycles. The Morgan fingerprint density at radius 2 is 1.04 bits per heavy atom. The SMILES string of the molecule is CC(C)c1cccc(C(C)C)c1-c1ccc2c(c1)N(c1[c-]c(Oc3[c-]c4c(cc3)c3cc(C(C)(C)C)ccc3n4-c3cc(C(C)(C)C)ccn3)cc(C(C)(C)c3ccccc3)c1)[CH-]N2c1cc(C(C)(C)C)cc(C(C)(C)c2ccccc2)c1.[Pt]. The third kappa shape index (κ3) is 11.3. The van der Waals surface area contributed by atoms with E-state index >= 15 is 0 Å². The Labute approximate surface area is 516 Å². The third-order valence-electron chi connectivity index (χ3n) is 17.5. The van der Waals surface area contributed by atoms with Gasteiger partial charge in [-0.3, -0.25) is 0 Å². The number of anilines is 4. The van der Waals surface area contributed by atoms with Crippen LogP contribution in [-0.2, 0) is 48.1 Å². The van der Waals surface area contributed by atoms with Crippen molar-refractivity contribution in [2.24, 2.45) is 0 Å². The van der Waals surface area contributed by atoms with Crippen LogP contribution in [0.25, 0.3) is 38.8 Å². The van der Waals surface area contributed by atoms with Crippen LogP contribution < -0.4 is 14.5 Å². The van der Waals surface area contributed by atoms with E-state index in [0.29, 0.717) is 23.3 Å². The molecule has 2 aromatic heterocycles. The Kier molecular flexibility index (Phi) is 15.9. The molecule has 0 bridgehead atoms. The van der Waals surface area contributed by atoms with Crippen molar-refractivity contribution in [3.8, 4) is 28.4 Å². The van der Waals surface area contributed by atoms with Gasteiger partial charge in [0.1, 0.15) is 5.82 Å². The number of rotatable bonds is 12. The van der Waals surface area contributed by atoms with E-state index in [-0.39, 0.29) is 42.7 Å². The predicted octanol–water partition coefficient (Wildman–Crippen LogP) is 21.4. The molecule has 0 saturated carbocycles. The van der Waals surface area contributed by atoms with Crippen molar-refractivity contribution in [2.45, 2.75) is 157 Å². The van der Waals surface area contributed by atoms with E-state index in [4.69, 9.17) is 9.72 Å². The van der Waals surface area contributed by atoms with Crippen LogP contribution in [0.5, 0.6) is 11.5 Å². The quantitative estimate of drug-likeness (QED) is 0.114. The fourth-order valence-electron chi connectivity index (χ4n) is 12.1. The zero-order valence-corrected chi connectivity index (χ0v) is 54.8. The molecule has 0 unspecified atom stereocenters. The predicted molar refractivity (Wildman–Crippen MR) is 351 cm³/mol. The van der Waals surface area contributed by atoms with Crippen LogP contribution in [0, 0.1) is 18.8 Å². The van der Waals surface area contributed by atoms with Crippen molar-refractivity contribution in [2.75, 3.05) is 9.80 Å². The number of ether oxygens (including phenoxy) is 1. The van der Waals surface area contributed by atoms with Gasteiger partial charge in [0.2, 0.25) is 0 Å². The second-order valence-electron chi connectivity index (χ2n) is 28.0. The van der Waals surface area contributed by atoms with Gasteiger partial charge in [-0.25, -0.2) is 4.98 Å². The number of nitrogens with zero attached hydrogens (tertiary/aromatic N) is 4. The average molecular weight is 1290 g/mol. The summed E-state index contributed by atoms with van der Waals surface area (Å²) >= 11 is 0. The number of hydrogen-bond donors (Lipinski definition) is 0. The molecule has 0 N–H and O–H groups in total. The summed E-state index contributed by atoms with van der Waals surface area (Å²) in [5, 5.41) is 2.25. The van der Waals surface area contributed by atoms with Crippen LogP contribution in [0.3, 0.4) is 0 Å². The van der Waals surface area contributed by atoms with Crippen molar-refractivity contribution in [3.05, 3.63) is 245 Å². The van der Waals surface area contributed by atoms with E-state index in [9.17, 15) is 0 Å². The van der Waals surface area contributed by atoms with Gasteiger partial charge in [-0.1, -0.05) is 226 Å². The molecule has 0 amide bonds. The van der Waals surface area contributed by atoms with Crippen molar-refractivity contribution in [1.29, 1.82) is 0 Å². The maximum atomic E-state index is 7.23. The van der Waals surface area contributed by atoms with Crippen LogP contribution in [-0.4, -0.2) is 9.55 Å². The van der Waals surface area contributed by atoms with Gasteiger partial charge < -0.3 is 19.1 Å². The van der Waals surface area contributed by atoms with Crippen molar-refractivity contribution in [1.82, 2.24) is 9.55 Å². The summed E-state index contributed by atoms with van der Waals surface area (Å²) in [7, 11) is 0. The van der Waals surface area contributed by atoms with Crippen molar-refractivity contribution < 1.29 is 25.8 Å². The maximum Gasteiger partial charge on any atom is 0.135 e. The number of aromatic nitrogens is 2. The van der Waals surface area contributed by atoms with Gasteiger partial charge in [-0.15, -0.1) is 53.6 Å². The summed E-state index contributed by atoms with van der Waals surface area (Å²) < 4.78 is 9.49.